The molecule has 1 atom stereocenters. The van der Waals surface area contributed by atoms with Gasteiger partial charge in [0.25, 0.3) is 0 Å². The summed E-state index contributed by atoms with van der Waals surface area (Å²) in [6.07, 6.45) is 0.290. The lowest BCUT2D eigenvalue weighted by atomic mass is 9.86. The van der Waals surface area contributed by atoms with Crippen LogP contribution >= 0.6 is 34.5 Å². The molecule has 1 aliphatic heterocycles. The largest absolute Gasteiger partial charge is 0.494 e. The first-order valence-electron chi connectivity index (χ1n) is 9.82. The number of thiazole rings is 1. The molecule has 0 spiro atoms. The van der Waals surface area contributed by atoms with Crippen molar-refractivity contribution in [3.05, 3.63) is 63.3 Å². The number of anilines is 1. The maximum absolute atomic E-state index is 12.6. The summed E-state index contributed by atoms with van der Waals surface area (Å²) < 4.78 is 8.30. The predicted molar refractivity (Wildman–Crippen MR) is 124 cm³/mol. The summed E-state index contributed by atoms with van der Waals surface area (Å²) >= 11 is 14.0. The Morgan fingerprint density at radius 3 is 2.87 bits per heavy atom. The fraction of sp³-hybridized carbons (Fsp3) is 0.227. The van der Waals surface area contributed by atoms with Crippen molar-refractivity contribution in [1.29, 1.82) is 0 Å². The second kappa shape index (κ2) is 7.82. The van der Waals surface area contributed by atoms with E-state index in [1.54, 1.807) is 16.8 Å². The van der Waals surface area contributed by atoms with Crippen molar-refractivity contribution < 1.29 is 9.53 Å². The molecule has 0 saturated carbocycles. The molecule has 4 aromatic rings. The quantitative estimate of drug-likeness (QED) is 0.397. The van der Waals surface area contributed by atoms with Crippen molar-refractivity contribution in [2.24, 2.45) is 0 Å². The van der Waals surface area contributed by atoms with Gasteiger partial charge >= 0.3 is 0 Å². The summed E-state index contributed by atoms with van der Waals surface area (Å²) in [4.78, 5) is 17.3. The predicted octanol–water partition coefficient (Wildman–Crippen LogP) is 5.97. The SMILES string of the molecule is CCOc1ccc2nc(-n3nc(C)c4c3NC(=O)C[C@H]4c3ccc(Cl)cc3Cl)sc2c1. The Morgan fingerprint density at radius 1 is 1.26 bits per heavy atom. The third kappa shape index (κ3) is 3.56. The number of hydrogen-bond acceptors (Lipinski definition) is 5. The minimum Gasteiger partial charge on any atom is -0.494 e. The molecule has 9 heteroatoms. The molecule has 0 aliphatic carbocycles. The monoisotopic (exact) mass is 472 g/mol. The molecular formula is C22H18Cl2N4O2S. The number of hydrogen-bond donors (Lipinski definition) is 1. The maximum Gasteiger partial charge on any atom is 0.226 e. The number of nitrogens with zero attached hydrogens (tertiary/aromatic N) is 3. The number of aromatic nitrogens is 3. The number of amides is 1. The van der Waals surface area contributed by atoms with Gasteiger partial charge in [0.15, 0.2) is 0 Å². The van der Waals surface area contributed by atoms with E-state index in [9.17, 15) is 4.79 Å². The summed E-state index contributed by atoms with van der Waals surface area (Å²) in [5.41, 5.74) is 3.47. The van der Waals surface area contributed by atoms with Gasteiger partial charge in [0.2, 0.25) is 11.0 Å². The fourth-order valence-corrected chi connectivity index (χ4v) is 5.47. The number of aryl methyl sites for hydroxylation is 1. The topological polar surface area (TPSA) is 69.0 Å². The standard InChI is InChI=1S/C22H18Cl2N4O2S/c1-3-30-13-5-7-17-18(9-13)31-22(25-17)28-21-20(11(2)27-28)15(10-19(29)26-21)14-6-4-12(23)8-16(14)24/h4-9,15H,3,10H2,1-2H3,(H,26,29)/t15-/m0/s1. The van der Waals surface area contributed by atoms with Gasteiger partial charge in [0.05, 0.1) is 22.5 Å². The van der Waals surface area contributed by atoms with E-state index in [2.05, 4.69) is 5.32 Å². The average Bonchev–Trinajstić information content (AvgIpc) is 3.28. The zero-order valence-electron chi connectivity index (χ0n) is 16.8. The molecule has 31 heavy (non-hydrogen) atoms. The van der Waals surface area contributed by atoms with Gasteiger partial charge in [-0.1, -0.05) is 40.6 Å². The number of ether oxygens (including phenoxy) is 1. The molecular weight excluding hydrogens is 455 g/mol. The van der Waals surface area contributed by atoms with E-state index in [0.717, 1.165) is 32.8 Å². The van der Waals surface area contributed by atoms with Gasteiger partial charge in [-0.2, -0.15) is 9.78 Å². The Balaban J connectivity index is 1.63. The molecule has 1 aliphatic rings. The number of carbonyl (C=O) groups is 1. The zero-order chi connectivity index (χ0) is 21.7. The van der Waals surface area contributed by atoms with Crippen LogP contribution in [0.3, 0.4) is 0 Å². The molecule has 2 aromatic heterocycles. The number of halogens is 2. The summed E-state index contributed by atoms with van der Waals surface area (Å²) in [6, 6.07) is 11.2. The lowest BCUT2D eigenvalue weighted by molar-refractivity contribution is -0.116. The van der Waals surface area contributed by atoms with Crippen LogP contribution in [0.5, 0.6) is 5.75 Å². The minimum atomic E-state index is -0.207. The van der Waals surface area contributed by atoms with Crippen LogP contribution in [0, 0.1) is 6.92 Å². The molecule has 0 fully saturated rings. The van der Waals surface area contributed by atoms with E-state index in [-0.39, 0.29) is 11.8 Å². The molecule has 1 amide bonds. The van der Waals surface area contributed by atoms with Gasteiger partial charge in [-0.15, -0.1) is 0 Å². The van der Waals surface area contributed by atoms with Crippen LogP contribution in [0.4, 0.5) is 5.82 Å². The van der Waals surface area contributed by atoms with Crippen LogP contribution in [-0.2, 0) is 4.79 Å². The summed E-state index contributed by atoms with van der Waals surface area (Å²) in [7, 11) is 0. The van der Waals surface area contributed by atoms with E-state index in [4.69, 9.17) is 38.0 Å². The Morgan fingerprint density at radius 2 is 2.10 bits per heavy atom. The van der Waals surface area contributed by atoms with Crippen LogP contribution in [-0.4, -0.2) is 27.3 Å². The molecule has 0 bridgehead atoms. The highest BCUT2D eigenvalue weighted by Gasteiger charge is 2.34. The minimum absolute atomic E-state index is 0.0931. The van der Waals surface area contributed by atoms with Crippen molar-refractivity contribution >= 4 is 56.5 Å². The van der Waals surface area contributed by atoms with Gasteiger partial charge in [-0.05, 0) is 49.7 Å². The van der Waals surface area contributed by atoms with Crippen LogP contribution in [0.1, 0.15) is 36.1 Å². The molecule has 0 radical (unpaired) electrons. The zero-order valence-corrected chi connectivity index (χ0v) is 19.1. The van der Waals surface area contributed by atoms with Gasteiger partial charge < -0.3 is 10.1 Å². The van der Waals surface area contributed by atoms with Gasteiger partial charge in [-0.3, -0.25) is 4.79 Å². The van der Waals surface area contributed by atoms with E-state index in [1.165, 1.54) is 11.3 Å². The number of fused-ring (bicyclic) bond motifs is 2. The maximum atomic E-state index is 12.6. The highest BCUT2D eigenvalue weighted by Crippen LogP contribution is 2.43. The van der Waals surface area contributed by atoms with E-state index >= 15 is 0 Å². The smallest absolute Gasteiger partial charge is 0.226 e. The average molecular weight is 473 g/mol. The van der Waals surface area contributed by atoms with Crippen molar-refractivity contribution in [1.82, 2.24) is 14.8 Å². The van der Waals surface area contributed by atoms with Crippen LogP contribution < -0.4 is 10.1 Å². The van der Waals surface area contributed by atoms with Crippen molar-refractivity contribution in [3.8, 4) is 10.9 Å². The lowest BCUT2D eigenvalue weighted by Crippen LogP contribution is -2.25. The molecule has 0 unspecified atom stereocenters. The lowest BCUT2D eigenvalue weighted by Gasteiger charge is -2.24. The molecule has 6 nitrogen and oxygen atoms in total. The van der Waals surface area contributed by atoms with Crippen LogP contribution in [0.2, 0.25) is 10.0 Å². The Kier molecular flexibility index (Phi) is 5.12. The fourth-order valence-electron chi connectivity index (χ4n) is 3.98. The van der Waals surface area contributed by atoms with E-state index in [0.29, 0.717) is 34.0 Å². The number of benzene rings is 2. The number of carbonyl (C=O) groups excluding carboxylic acids is 1. The molecule has 2 aromatic carbocycles. The normalized spacial score (nSPS) is 15.7. The first-order valence-corrected chi connectivity index (χ1v) is 11.4. The van der Waals surface area contributed by atoms with Crippen molar-refractivity contribution in [2.75, 3.05) is 11.9 Å². The van der Waals surface area contributed by atoms with Crippen molar-refractivity contribution in [2.45, 2.75) is 26.2 Å². The second-order valence-corrected chi connectivity index (χ2v) is 9.14. The molecule has 1 N–H and O–H groups in total. The van der Waals surface area contributed by atoms with Crippen LogP contribution in [0.15, 0.2) is 36.4 Å². The highest BCUT2D eigenvalue weighted by atomic mass is 35.5. The summed E-state index contributed by atoms with van der Waals surface area (Å²) in [5.74, 6) is 1.13. The van der Waals surface area contributed by atoms with Gasteiger partial charge in [0.1, 0.15) is 11.6 Å². The third-order valence-electron chi connectivity index (χ3n) is 5.28. The van der Waals surface area contributed by atoms with E-state index < -0.39 is 0 Å². The first kappa shape index (κ1) is 20.3. The van der Waals surface area contributed by atoms with Crippen molar-refractivity contribution in [3.63, 3.8) is 0 Å². The Hall–Kier alpha value is -2.61. The molecule has 5 rings (SSSR count). The highest BCUT2D eigenvalue weighted by molar-refractivity contribution is 7.20. The second-order valence-electron chi connectivity index (χ2n) is 7.29. The Labute approximate surface area is 192 Å². The van der Waals surface area contributed by atoms with Gasteiger partial charge in [0, 0.05) is 27.9 Å². The molecule has 0 saturated heterocycles. The number of rotatable bonds is 4. The summed E-state index contributed by atoms with van der Waals surface area (Å²) in [6.45, 7) is 4.49. The van der Waals surface area contributed by atoms with Gasteiger partial charge in [-0.25, -0.2) is 4.98 Å². The van der Waals surface area contributed by atoms with Crippen LogP contribution in [0.25, 0.3) is 15.3 Å². The molecule has 158 valence electrons. The number of nitrogens with one attached hydrogen (secondary N) is 1. The molecule has 3 heterocycles. The third-order valence-corrected chi connectivity index (χ3v) is 6.84. The van der Waals surface area contributed by atoms with E-state index in [1.807, 2.05) is 38.1 Å². The first-order chi connectivity index (χ1) is 14.9. The summed E-state index contributed by atoms with van der Waals surface area (Å²) in [5, 5.41) is 9.48. The Bertz CT molecular complexity index is 1330.